The van der Waals surface area contributed by atoms with Crippen molar-refractivity contribution < 1.29 is 19.1 Å². The molecular weight excluding hydrogens is 546 g/mol. The van der Waals surface area contributed by atoms with Crippen molar-refractivity contribution in [2.45, 2.75) is 70.7 Å². The van der Waals surface area contributed by atoms with Crippen LogP contribution in [0.1, 0.15) is 64.1 Å². The van der Waals surface area contributed by atoms with Gasteiger partial charge in [-0.2, -0.15) is 11.8 Å². The number of benzene rings is 3. The quantitative estimate of drug-likeness (QED) is 0.200. The topological polar surface area (TPSA) is 82.4 Å². The highest BCUT2D eigenvalue weighted by Gasteiger charge is 2.23. The van der Waals surface area contributed by atoms with E-state index in [9.17, 15) is 9.59 Å². The number of ether oxygens (including phenoxy) is 2. The molecule has 0 bridgehead atoms. The van der Waals surface area contributed by atoms with E-state index >= 15 is 0 Å². The van der Waals surface area contributed by atoms with Gasteiger partial charge in [0.05, 0.1) is 16.3 Å². The van der Waals surface area contributed by atoms with Crippen molar-refractivity contribution in [3.63, 3.8) is 0 Å². The Hall–Kier alpha value is -3.78. The molecule has 8 heteroatoms. The fourth-order valence-electron chi connectivity index (χ4n) is 4.75. The van der Waals surface area contributed by atoms with Crippen molar-refractivity contribution in [2.75, 3.05) is 6.26 Å². The van der Waals surface area contributed by atoms with Gasteiger partial charge >= 0.3 is 0 Å². The maximum absolute atomic E-state index is 12.0. The fourth-order valence-corrected chi connectivity index (χ4v) is 5.39. The van der Waals surface area contributed by atoms with Crippen LogP contribution in [0.5, 0.6) is 17.2 Å². The van der Waals surface area contributed by atoms with Gasteiger partial charge in [0.2, 0.25) is 12.3 Å². The Morgan fingerprint density at radius 2 is 1.67 bits per heavy atom. The molecule has 1 heterocycles. The van der Waals surface area contributed by atoms with Crippen molar-refractivity contribution in [1.82, 2.24) is 14.9 Å². The van der Waals surface area contributed by atoms with Crippen molar-refractivity contribution in [3.8, 4) is 17.2 Å². The molecule has 1 unspecified atom stereocenters. The maximum atomic E-state index is 12.0. The molecule has 1 aromatic heterocycles. The van der Waals surface area contributed by atoms with Gasteiger partial charge < -0.3 is 14.0 Å². The maximum Gasteiger partial charge on any atom is 0.239 e. The van der Waals surface area contributed by atoms with E-state index in [0.29, 0.717) is 25.2 Å². The van der Waals surface area contributed by atoms with Gasteiger partial charge in [-0.05, 0) is 65.0 Å². The Balaban J connectivity index is 1.49. The highest BCUT2D eigenvalue weighted by atomic mass is 32.2. The Morgan fingerprint density at radius 1 is 0.976 bits per heavy atom. The molecule has 0 aliphatic heterocycles. The summed E-state index contributed by atoms with van der Waals surface area (Å²) in [4.78, 5) is 27.4. The summed E-state index contributed by atoms with van der Waals surface area (Å²) in [5, 5.41) is 1.90. The SMILES string of the molecule is CSC(Cc1ccc(OCc2nc3ccc(Oc4cc(C(C)(C)C)ccc4C(C)(C)C)cc3n2C)cc1)C(=O)NC=O. The summed E-state index contributed by atoms with van der Waals surface area (Å²) in [6, 6.07) is 20.2. The Kier molecular flexibility index (Phi) is 9.36. The lowest BCUT2D eigenvalue weighted by molar-refractivity contribution is -0.124. The third-order valence-corrected chi connectivity index (χ3v) is 8.27. The van der Waals surface area contributed by atoms with Crippen LogP contribution in [0.15, 0.2) is 60.7 Å². The first-order valence-corrected chi connectivity index (χ1v) is 15.4. The summed E-state index contributed by atoms with van der Waals surface area (Å²) in [6.45, 7) is 13.5. The molecule has 1 N–H and O–H groups in total. The van der Waals surface area contributed by atoms with Crippen LogP contribution in [0, 0.1) is 0 Å². The number of imidazole rings is 1. The number of aromatic nitrogens is 2. The predicted molar refractivity (Wildman–Crippen MR) is 171 cm³/mol. The third kappa shape index (κ3) is 7.34. The number of rotatable bonds is 10. The standard InChI is InChI=1S/C34H41N3O4S/c1-33(2,3)23-11-15-26(34(4,5)6)29(18-23)41-25-14-16-27-28(19-25)37(7)31(36-27)20-40-24-12-9-22(10-13-24)17-30(42-8)32(39)35-21-38/h9-16,18-19,21,30H,17,20H2,1-8H3,(H,35,38,39). The molecule has 1 atom stereocenters. The van der Waals surface area contributed by atoms with Crippen molar-refractivity contribution in [1.29, 1.82) is 0 Å². The van der Waals surface area contributed by atoms with Crippen LogP contribution in [-0.2, 0) is 40.5 Å². The molecule has 0 aliphatic carbocycles. The Morgan fingerprint density at radius 3 is 2.29 bits per heavy atom. The largest absolute Gasteiger partial charge is 0.486 e. The smallest absolute Gasteiger partial charge is 0.239 e. The van der Waals surface area contributed by atoms with E-state index in [1.165, 1.54) is 17.3 Å². The average Bonchev–Trinajstić information content (AvgIpc) is 3.24. The van der Waals surface area contributed by atoms with E-state index in [2.05, 4.69) is 65.1 Å². The van der Waals surface area contributed by atoms with Gasteiger partial charge in [-0.25, -0.2) is 4.98 Å². The molecule has 222 valence electrons. The van der Waals surface area contributed by atoms with Gasteiger partial charge in [0.15, 0.2) is 0 Å². The second-order valence-corrected chi connectivity index (χ2v) is 13.6. The van der Waals surface area contributed by atoms with Crippen LogP contribution in [-0.4, -0.2) is 33.4 Å². The number of fused-ring (bicyclic) bond motifs is 1. The summed E-state index contributed by atoms with van der Waals surface area (Å²) in [5.41, 5.74) is 5.16. The molecule has 0 fully saturated rings. The highest BCUT2D eigenvalue weighted by Crippen LogP contribution is 2.38. The van der Waals surface area contributed by atoms with Crippen LogP contribution < -0.4 is 14.8 Å². The monoisotopic (exact) mass is 587 g/mol. The lowest BCUT2D eigenvalue weighted by atomic mass is 9.81. The number of imide groups is 1. The molecule has 7 nitrogen and oxygen atoms in total. The van der Waals surface area contributed by atoms with Crippen molar-refractivity contribution in [3.05, 3.63) is 83.2 Å². The summed E-state index contributed by atoms with van der Waals surface area (Å²) in [5.74, 6) is 2.85. The van der Waals surface area contributed by atoms with E-state index in [0.717, 1.165) is 39.5 Å². The van der Waals surface area contributed by atoms with E-state index in [1.807, 2.05) is 60.3 Å². The number of carbonyl (C=O) groups is 2. The molecule has 0 radical (unpaired) electrons. The van der Waals surface area contributed by atoms with E-state index in [4.69, 9.17) is 14.5 Å². The number of aryl methyl sites for hydroxylation is 1. The number of nitrogens with zero attached hydrogens (tertiary/aromatic N) is 2. The van der Waals surface area contributed by atoms with Gasteiger partial charge in [-0.15, -0.1) is 0 Å². The van der Waals surface area contributed by atoms with E-state index in [1.54, 1.807) is 0 Å². The predicted octanol–water partition coefficient (Wildman–Crippen LogP) is 7.09. The van der Waals surface area contributed by atoms with Gasteiger partial charge in [0.1, 0.15) is 29.7 Å². The van der Waals surface area contributed by atoms with Crippen LogP contribution in [0.4, 0.5) is 0 Å². The van der Waals surface area contributed by atoms with Crippen LogP contribution >= 0.6 is 11.8 Å². The molecule has 0 spiro atoms. The second kappa shape index (κ2) is 12.6. The van der Waals surface area contributed by atoms with Crippen LogP contribution in [0.3, 0.4) is 0 Å². The molecule has 3 aromatic carbocycles. The number of thioether (sulfide) groups is 1. The highest BCUT2D eigenvalue weighted by molar-refractivity contribution is 7.99. The summed E-state index contributed by atoms with van der Waals surface area (Å²) in [6.07, 6.45) is 2.80. The molecule has 0 saturated heterocycles. The van der Waals surface area contributed by atoms with E-state index in [-0.39, 0.29) is 22.0 Å². The molecule has 0 aliphatic rings. The molecule has 4 rings (SSSR count). The van der Waals surface area contributed by atoms with Gasteiger partial charge in [-0.1, -0.05) is 65.8 Å². The zero-order valence-electron chi connectivity index (χ0n) is 25.8. The minimum Gasteiger partial charge on any atom is -0.486 e. The van der Waals surface area contributed by atoms with Gasteiger partial charge in [-0.3, -0.25) is 14.9 Å². The first-order valence-electron chi connectivity index (χ1n) is 14.1. The summed E-state index contributed by atoms with van der Waals surface area (Å²) in [7, 11) is 1.98. The fraction of sp³-hybridized carbons (Fsp3) is 0.382. The number of nitrogens with one attached hydrogen (secondary N) is 1. The molecule has 42 heavy (non-hydrogen) atoms. The summed E-state index contributed by atoms with van der Waals surface area (Å²) >= 11 is 1.41. The van der Waals surface area contributed by atoms with Gasteiger partial charge in [0, 0.05) is 18.7 Å². The Labute approximate surface area is 253 Å². The first-order chi connectivity index (χ1) is 19.8. The zero-order chi connectivity index (χ0) is 30.7. The number of amides is 2. The van der Waals surface area contributed by atoms with Crippen molar-refractivity contribution in [2.24, 2.45) is 7.05 Å². The summed E-state index contributed by atoms with van der Waals surface area (Å²) < 4.78 is 14.6. The first kappa shape index (κ1) is 31.2. The number of hydrogen-bond donors (Lipinski definition) is 1. The Bertz CT molecular complexity index is 1560. The normalized spacial score (nSPS) is 12.7. The average molecular weight is 588 g/mol. The number of hydrogen-bond acceptors (Lipinski definition) is 6. The minimum absolute atomic E-state index is 0.0142. The van der Waals surface area contributed by atoms with Gasteiger partial charge in [0.25, 0.3) is 0 Å². The molecule has 0 saturated carbocycles. The second-order valence-electron chi connectivity index (χ2n) is 12.5. The van der Waals surface area contributed by atoms with Crippen LogP contribution in [0.2, 0.25) is 0 Å². The van der Waals surface area contributed by atoms with E-state index < -0.39 is 0 Å². The lowest BCUT2D eigenvalue weighted by Gasteiger charge is -2.26. The third-order valence-electron chi connectivity index (χ3n) is 7.32. The minimum atomic E-state index is -0.335. The molecular formula is C34H41N3O4S. The molecule has 2 amide bonds. The lowest BCUT2D eigenvalue weighted by Crippen LogP contribution is -2.32. The zero-order valence-corrected chi connectivity index (χ0v) is 26.6. The van der Waals surface area contributed by atoms with Crippen LogP contribution in [0.25, 0.3) is 11.0 Å². The number of carbonyl (C=O) groups excluding carboxylic acids is 2. The van der Waals surface area contributed by atoms with Crippen molar-refractivity contribution >= 4 is 35.1 Å². The molecule has 4 aromatic rings.